The standard InChI is InChI=1S/C41H52N10O10S/c1-46-34(53)12-10-31(39(46)56)51-38(55)30-7-4-8-32(36(30)40(51)57)61-26-33(52)42-15-23-60-24-22-47-18-20-49(21-19-47)62(58,59)48-16-13-28(14-17-48)44-41-43-25-27-9-11-35(54)50(37(27)45-41)29-5-2-3-6-29/h4,7-9,11,25,28-29,31H,2-3,5-6,10,12-24,26H2,1H3,(H,42,52)(H,43,44,45). The average molecular weight is 877 g/mol. The summed E-state index contributed by atoms with van der Waals surface area (Å²) >= 11 is 0. The highest BCUT2D eigenvalue weighted by atomic mass is 32.2. The molecular formula is C41H52N10O10S. The van der Waals surface area contributed by atoms with Gasteiger partial charge in [0.15, 0.2) is 6.61 Å². The van der Waals surface area contributed by atoms with Crippen LogP contribution in [0.3, 0.4) is 0 Å². The first-order valence-corrected chi connectivity index (χ1v) is 22.7. The molecule has 0 radical (unpaired) electrons. The van der Waals surface area contributed by atoms with Gasteiger partial charge in [0.2, 0.25) is 11.9 Å². The van der Waals surface area contributed by atoms with Gasteiger partial charge in [-0.25, -0.2) is 4.98 Å². The number of amides is 5. The Hall–Kier alpha value is -5.35. The van der Waals surface area contributed by atoms with Crippen LogP contribution < -0.4 is 20.9 Å². The molecule has 62 heavy (non-hydrogen) atoms. The number of hydrogen-bond donors (Lipinski definition) is 2. The van der Waals surface area contributed by atoms with E-state index in [1.165, 1.54) is 29.6 Å². The van der Waals surface area contributed by atoms with Gasteiger partial charge in [0.1, 0.15) is 17.4 Å². The Balaban J connectivity index is 0.715. The molecule has 4 fully saturated rings. The molecule has 4 aliphatic heterocycles. The number of piperazine rings is 1. The Morgan fingerprint density at radius 1 is 0.871 bits per heavy atom. The number of pyridine rings is 1. The number of rotatable bonds is 15. The lowest BCUT2D eigenvalue weighted by Gasteiger charge is -2.38. The number of anilines is 1. The fraction of sp³-hybridized carbons (Fsp3) is 0.561. The summed E-state index contributed by atoms with van der Waals surface area (Å²) in [6.07, 6.45) is 7.10. The van der Waals surface area contributed by atoms with Gasteiger partial charge in [0.05, 0.1) is 24.3 Å². The van der Waals surface area contributed by atoms with Crippen molar-refractivity contribution in [3.63, 3.8) is 0 Å². The smallest absolute Gasteiger partial charge is 0.282 e. The van der Waals surface area contributed by atoms with Crippen LogP contribution in [0.25, 0.3) is 11.0 Å². The van der Waals surface area contributed by atoms with E-state index in [-0.39, 0.29) is 66.4 Å². The molecule has 1 aromatic carbocycles. The van der Waals surface area contributed by atoms with Gasteiger partial charge < -0.3 is 20.1 Å². The monoisotopic (exact) mass is 876 g/mol. The summed E-state index contributed by atoms with van der Waals surface area (Å²) in [6.45, 7) is 3.58. The van der Waals surface area contributed by atoms with Crippen LogP contribution in [0.4, 0.5) is 5.95 Å². The lowest BCUT2D eigenvalue weighted by atomic mass is 10.0. The molecule has 3 saturated heterocycles. The second-order valence-corrected chi connectivity index (χ2v) is 18.2. The molecule has 1 aliphatic carbocycles. The molecule has 5 amide bonds. The van der Waals surface area contributed by atoms with E-state index in [0.717, 1.165) is 40.9 Å². The maximum Gasteiger partial charge on any atom is 0.282 e. The molecular weight excluding hydrogens is 825 g/mol. The van der Waals surface area contributed by atoms with Crippen molar-refractivity contribution in [1.29, 1.82) is 0 Å². The molecule has 1 unspecified atom stereocenters. The molecule has 332 valence electrons. The average Bonchev–Trinajstić information content (AvgIpc) is 3.90. The van der Waals surface area contributed by atoms with Crippen molar-refractivity contribution in [2.75, 3.05) is 84.5 Å². The van der Waals surface area contributed by atoms with Gasteiger partial charge >= 0.3 is 0 Å². The zero-order chi connectivity index (χ0) is 43.5. The summed E-state index contributed by atoms with van der Waals surface area (Å²) < 4.78 is 43.4. The molecule has 20 nitrogen and oxygen atoms in total. The van der Waals surface area contributed by atoms with Crippen molar-refractivity contribution in [2.24, 2.45) is 0 Å². The van der Waals surface area contributed by atoms with Crippen LogP contribution in [0.5, 0.6) is 5.75 Å². The number of carbonyl (C=O) groups is 5. The number of ether oxygens (including phenoxy) is 2. The number of benzene rings is 1. The second-order valence-electron chi connectivity index (χ2n) is 16.3. The Labute approximate surface area is 358 Å². The first-order valence-electron chi connectivity index (χ1n) is 21.3. The van der Waals surface area contributed by atoms with E-state index >= 15 is 0 Å². The van der Waals surface area contributed by atoms with Crippen molar-refractivity contribution >= 4 is 56.7 Å². The quantitative estimate of drug-likeness (QED) is 0.158. The number of likely N-dealkylation sites (tertiary alicyclic amines) is 1. The topological polar surface area (TPSA) is 226 Å². The summed E-state index contributed by atoms with van der Waals surface area (Å²) in [5.74, 6) is -2.37. The lowest BCUT2D eigenvalue weighted by molar-refractivity contribution is -0.149. The van der Waals surface area contributed by atoms with Crippen LogP contribution in [0.1, 0.15) is 78.1 Å². The highest BCUT2D eigenvalue weighted by Gasteiger charge is 2.47. The summed E-state index contributed by atoms with van der Waals surface area (Å²) in [4.78, 5) is 89.7. The van der Waals surface area contributed by atoms with Gasteiger partial charge in [-0.1, -0.05) is 18.9 Å². The van der Waals surface area contributed by atoms with Gasteiger partial charge in [-0.15, -0.1) is 0 Å². The normalized spacial score (nSPS) is 21.3. The van der Waals surface area contributed by atoms with Crippen molar-refractivity contribution in [2.45, 2.75) is 69.5 Å². The van der Waals surface area contributed by atoms with Crippen LogP contribution >= 0.6 is 0 Å². The Bertz CT molecular complexity index is 2390. The summed E-state index contributed by atoms with van der Waals surface area (Å²) in [6, 6.07) is 6.82. The summed E-state index contributed by atoms with van der Waals surface area (Å²) in [5, 5.41) is 6.90. The highest BCUT2D eigenvalue weighted by molar-refractivity contribution is 7.86. The fourth-order valence-corrected chi connectivity index (χ4v) is 10.6. The van der Waals surface area contributed by atoms with Crippen molar-refractivity contribution in [1.82, 2.24) is 43.2 Å². The van der Waals surface area contributed by atoms with E-state index in [1.54, 1.807) is 27.2 Å². The van der Waals surface area contributed by atoms with Crippen LogP contribution in [0.15, 0.2) is 41.3 Å². The Morgan fingerprint density at radius 2 is 1.61 bits per heavy atom. The van der Waals surface area contributed by atoms with Gasteiger partial charge in [0.25, 0.3) is 39.4 Å². The third-order valence-corrected chi connectivity index (χ3v) is 14.5. The number of likely N-dealkylation sites (N-methyl/N-ethyl adjacent to an activating group) is 1. The van der Waals surface area contributed by atoms with Gasteiger partial charge in [-0.2, -0.15) is 22.0 Å². The molecule has 2 aromatic heterocycles. The zero-order valence-corrected chi connectivity index (χ0v) is 35.5. The van der Waals surface area contributed by atoms with Gasteiger partial charge in [-0.3, -0.25) is 48.0 Å². The van der Waals surface area contributed by atoms with E-state index < -0.39 is 46.5 Å². The number of piperidine rings is 2. The molecule has 21 heteroatoms. The first kappa shape index (κ1) is 43.3. The number of fused-ring (bicyclic) bond motifs is 2. The summed E-state index contributed by atoms with van der Waals surface area (Å²) in [7, 11) is -2.32. The van der Waals surface area contributed by atoms with Crippen LogP contribution in [-0.2, 0) is 29.3 Å². The van der Waals surface area contributed by atoms with E-state index in [1.807, 2.05) is 0 Å². The predicted molar refractivity (Wildman–Crippen MR) is 224 cm³/mol. The molecule has 1 atom stereocenters. The number of aromatic nitrogens is 3. The number of nitrogens with one attached hydrogen (secondary N) is 2. The Kier molecular flexibility index (Phi) is 13.0. The van der Waals surface area contributed by atoms with Gasteiger partial charge in [-0.05, 0) is 50.3 Å². The number of hydrogen-bond acceptors (Lipinski definition) is 14. The summed E-state index contributed by atoms with van der Waals surface area (Å²) in [5.41, 5.74) is 0.605. The fourth-order valence-electron chi connectivity index (χ4n) is 8.95. The number of nitrogens with zero attached hydrogens (tertiary/aromatic N) is 8. The SMILES string of the molecule is CN1C(=O)CCC(N2C(=O)c3cccc(OCC(=O)NCCOCCN4CCN(S(=O)(=O)N5CCC(Nc6ncc7ccc(=O)n(C8CCCC8)c7n6)CC5)CC4)c3C2=O)C1=O. The van der Waals surface area contributed by atoms with Crippen molar-refractivity contribution in [3.05, 3.63) is 58.0 Å². The first-order chi connectivity index (χ1) is 29.9. The maximum absolute atomic E-state index is 13.6. The lowest BCUT2D eigenvalue weighted by Crippen LogP contribution is -2.55. The molecule has 5 aliphatic rings. The molecule has 3 aromatic rings. The molecule has 0 bridgehead atoms. The van der Waals surface area contributed by atoms with Crippen molar-refractivity contribution < 1.29 is 41.9 Å². The van der Waals surface area contributed by atoms with Crippen LogP contribution in [-0.4, -0.2) is 167 Å². The molecule has 0 spiro atoms. The van der Waals surface area contributed by atoms with E-state index in [0.29, 0.717) is 76.9 Å². The zero-order valence-electron chi connectivity index (χ0n) is 34.7. The van der Waals surface area contributed by atoms with E-state index in [4.69, 9.17) is 14.5 Å². The molecule has 6 heterocycles. The molecule has 1 saturated carbocycles. The predicted octanol–water partition coefficient (Wildman–Crippen LogP) is 0.601. The third kappa shape index (κ3) is 8.94. The minimum Gasteiger partial charge on any atom is -0.483 e. The van der Waals surface area contributed by atoms with Gasteiger partial charge in [0, 0.05) is 95.6 Å². The minimum atomic E-state index is -3.63. The van der Waals surface area contributed by atoms with E-state index in [2.05, 4.69) is 20.5 Å². The Morgan fingerprint density at radius 3 is 2.37 bits per heavy atom. The minimum absolute atomic E-state index is 0.00523. The largest absolute Gasteiger partial charge is 0.483 e. The second kappa shape index (κ2) is 18.6. The van der Waals surface area contributed by atoms with Crippen molar-refractivity contribution in [3.8, 4) is 5.75 Å². The van der Waals surface area contributed by atoms with E-state index in [9.17, 15) is 37.2 Å². The molecule has 8 rings (SSSR count). The number of carbonyl (C=O) groups excluding carboxylic acids is 5. The van der Waals surface area contributed by atoms with Crippen LogP contribution in [0.2, 0.25) is 0 Å². The maximum atomic E-state index is 13.6. The highest BCUT2D eigenvalue weighted by Crippen LogP contribution is 2.35. The van der Waals surface area contributed by atoms with Crippen LogP contribution in [0, 0.1) is 0 Å². The molecule has 2 N–H and O–H groups in total. The third-order valence-electron chi connectivity index (χ3n) is 12.4. The number of imide groups is 2.